The monoisotopic (exact) mass is 437 g/mol. The number of ketones is 1. The molecule has 0 unspecified atom stereocenters. The highest BCUT2D eigenvalue weighted by molar-refractivity contribution is 9.10. The molecule has 0 aliphatic carbocycles. The Morgan fingerprint density at radius 3 is 2.57 bits per heavy atom. The molecule has 1 heterocycles. The van der Waals surface area contributed by atoms with Gasteiger partial charge in [0.25, 0.3) is 11.7 Å². The van der Waals surface area contributed by atoms with Crippen LogP contribution in [0.1, 0.15) is 28.8 Å². The maximum absolute atomic E-state index is 12.4. The summed E-state index contributed by atoms with van der Waals surface area (Å²) in [6.45, 7) is 2.98. The molecule has 0 saturated carbocycles. The molecule has 3 aromatic rings. The standard InChI is InChI=1S/C23H20BrNO3/c1-15-12-19-21(20(24)13-15)25(23(27)22(19)26)10-4-5-11-28-18-9-8-16-6-2-3-7-17(16)14-18/h2-3,6-9,12-14H,4-5,10-11H2,1H3. The lowest BCUT2D eigenvalue weighted by Gasteiger charge is -2.18. The molecule has 3 aromatic carbocycles. The molecule has 0 bridgehead atoms. The number of ether oxygens (including phenoxy) is 1. The molecule has 0 radical (unpaired) electrons. The van der Waals surface area contributed by atoms with Gasteiger partial charge in [0.1, 0.15) is 5.75 Å². The van der Waals surface area contributed by atoms with E-state index >= 15 is 0 Å². The fraction of sp³-hybridized carbons (Fsp3) is 0.217. The molecule has 1 aliphatic heterocycles. The third kappa shape index (κ3) is 3.54. The van der Waals surface area contributed by atoms with E-state index in [0.717, 1.165) is 34.0 Å². The second-order valence-electron chi connectivity index (χ2n) is 6.99. The van der Waals surface area contributed by atoms with Gasteiger partial charge < -0.3 is 9.64 Å². The van der Waals surface area contributed by atoms with Crippen molar-refractivity contribution in [2.24, 2.45) is 0 Å². The van der Waals surface area contributed by atoms with E-state index in [0.29, 0.717) is 24.4 Å². The van der Waals surface area contributed by atoms with Gasteiger partial charge >= 0.3 is 0 Å². The summed E-state index contributed by atoms with van der Waals surface area (Å²) in [4.78, 5) is 26.2. The molecule has 142 valence electrons. The van der Waals surface area contributed by atoms with Crippen molar-refractivity contribution in [1.29, 1.82) is 0 Å². The Morgan fingerprint density at radius 1 is 0.964 bits per heavy atom. The Kier molecular flexibility index (Phi) is 5.18. The number of anilines is 1. The second kappa shape index (κ2) is 7.76. The van der Waals surface area contributed by atoms with E-state index < -0.39 is 11.7 Å². The second-order valence-corrected chi connectivity index (χ2v) is 7.85. The van der Waals surface area contributed by atoms with Gasteiger partial charge in [-0.15, -0.1) is 0 Å². The van der Waals surface area contributed by atoms with Crippen LogP contribution in [0, 0.1) is 6.92 Å². The normalized spacial score (nSPS) is 13.3. The van der Waals surface area contributed by atoms with Crippen LogP contribution < -0.4 is 9.64 Å². The number of amides is 1. The van der Waals surface area contributed by atoms with Crippen LogP contribution in [0.25, 0.3) is 10.8 Å². The Hall–Kier alpha value is -2.66. The number of halogens is 1. The van der Waals surface area contributed by atoms with E-state index in [9.17, 15) is 9.59 Å². The fourth-order valence-corrected chi connectivity index (χ4v) is 4.34. The third-order valence-corrected chi connectivity index (χ3v) is 5.53. The number of aryl methyl sites for hydroxylation is 1. The molecule has 28 heavy (non-hydrogen) atoms. The summed E-state index contributed by atoms with van der Waals surface area (Å²) in [6.07, 6.45) is 1.55. The Bertz CT molecular complexity index is 1080. The predicted molar refractivity (Wildman–Crippen MR) is 114 cm³/mol. The average molecular weight is 438 g/mol. The minimum atomic E-state index is -0.447. The third-order valence-electron chi connectivity index (χ3n) is 4.93. The number of fused-ring (bicyclic) bond motifs is 2. The molecule has 1 amide bonds. The number of Topliss-reactive ketones (excluding diaryl/α,β-unsaturated/α-hetero) is 1. The van der Waals surface area contributed by atoms with Crippen LogP contribution in [0.4, 0.5) is 5.69 Å². The van der Waals surface area contributed by atoms with Gasteiger partial charge in [-0.3, -0.25) is 9.59 Å². The highest BCUT2D eigenvalue weighted by atomic mass is 79.9. The van der Waals surface area contributed by atoms with E-state index in [-0.39, 0.29) is 0 Å². The van der Waals surface area contributed by atoms with Gasteiger partial charge in [-0.05, 0) is 76.3 Å². The van der Waals surface area contributed by atoms with Gasteiger partial charge in [0.2, 0.25) is 0 Å². The van der Waals surface area contributed by atoms with E-state index in [1.165, 1.54) is 5.39 Å². The Labute approximate surface area is 172 Å². The summed E-state index contributed by atoms with van der Waals surface area (Å²) in [5.41, 5.74) is 2.14. The summed E-state index contributed by atoms with van der Waals surface area (Å²) < 4.78 is 6.64. The molecule has 0 fully saturated rings. The SMILES string of the molecule is Cc1cc(Br)c2c(c1)C(=O)C(=O)N2CCCCOc1ccc2ccccc2c1. The van der Waals surface area contributed by atoms with Crippen LogP contribution >= 0.6 is 15.9 Å². The first kappa shape index (κ1) is 18.7. The van der Waals surface area contributed by atoms with Crippen molar-refractivity contribution in [2.75, 3.05) is 18.1 Å². The van der Waals surface area contributed by atoms with Gasteiger partial charge in [-0.2, -0.15) is 0 Å². The number of hydrogen-bond donors (Lipinski definition) is 0. The van der Waals surface area contributed by atoms with Crippen LogP contribution in [-0.4, -0.2) is 24.8 Å². The number of unbranched alkanes of at least 4 members (excludes halogenated alkanes) is 1. The van der Waals surface area contributed by atoms with Crippen molar-refractivity contribution in [3.63, 3.8) is 0 Å². The van der Waals surface area contributed by atoms with Gasteiger partial charge in [-0.1, -0.05) is 30.3 Å². The summed E-state index contributed by atoms with van der Waals surface area (Å²) in [7, 11) is 0. The molecule has 0 atom stereocenters. The molecule has 0 spiro atoms. The van der Waals surface area contributed by atoms with Gasteiger partial charge in [0.15, 0.2) is 0 Å². The molecular formula is C23H20BrNO3. The minimum Gasteiger partial charge on any atom is -0.494 e. The number of hydrogen-bond acceptors (Lipinski definition) is 3. The van der Waals surface area contributed by atoms with Crippen LogP contribution in [0.5, 0.6) is 5.75 Å². The summed E-state index contributed by atoms with van der Waals surface area (Å²) >= 11 is 3.50. The zero-order valence-electron chi connectivity index (χ0n) is 15.6. The van der Waals surface area contributed by atoms with Crippen molar-refractivity contribution >= 4 is 44.1 Å². The lowest BCUT2D eigenvalue weighted by molar-refractivity contribution is -0.114. The summed E-state index contributed by atoms with van der Waals surface area (Å²) in [5, 5.41) is 2.34. The van der Waals surface area contributed by atoms with Crippen molar-refractivity contribution in [2.45, 2.75) is 19.8 Å². The van der Waals surface area contributed by atoms with Gasteiger partial charge in [0.05, 0.1) is 17.9 Å². The highest BCUT2D eigenvalue weighted by Crippen LogP contribution is 2.37. The minimum absolute atomic E-state index is 0.424. The zero-order valence-corrected chi connectivity index (χ0v) is 17.2. The number of rotatable bonds is 6. The van der Waals surface area contributed by atoms with Crippen molar-refractivity contribution in [1.82, 2.24) is 0 Å². The van der Waals surface area contributed by atoms with Crippen LogP contribution in [0.3, 0.4) is 0 Å². The topological polar surface area (TPSA) is 46.6 Å². The molecular weight excluding hydrogens is 418 g/mol. The Balaban J connectivity index is 1.34. The quantitative estimate of drug-likeness (QED) is 0.388. The number of carbonyl (C=O) groups is 2. The summed E-state index contributed by atoms with van der Waals surface area (Å²) in [5.74, 6) is -0.0294. The van der Waals surface area contributed by atoms with Crippen molar-refractivity contribution in [3.05, 3.63) is 70.2 Å². The maximum Gasteiger partial charge on any atom is 0.299 e. The Morgan fingerprint density at radius 2 is 1.75 bits per heavy atom. The number of nitrogens with zero attached hydrogens (tertiary/aromatic N) is 1. The summed E-state index contributed by atoms with van der Waals surface area (Å²) in [6, 6.07) is 17.9. The van der Waals surface area contributed by atoms with Crippen LogP contribution in [0.15, 0.2) is 59.1 Å². The molecule has 5 heteroatoms. The first-order chi connectivity index (χ1) is 13.5. The number of benzene rings is 3. The van der Waals surface area contributed by atoms with Crippen molar-refractivity contribution in [3.8, 4) is 5.75 Å². The van der Waals surface area contributed by atoms with Crippen LogP contribution in [0.2, 0.25) is 0 Å². The average Bonchev–Trinajstić information content (AvgIpc) is 2.92. The maximum atomic E-state index is 12.4. The van der Waals surface area contributed by atoms with E-state index in [2.05, 4.69) is 34.1 Å². The first-order valence-corrected chi connectivity index (χ1v) is 10.1. The molecule has 1 aliphatic rings. The highest BCUT2D eigenvalue weighted by Gasteiger charge is 2.37. The van der Waals surface area contributed by atoms with E-state index in [4.69, 9.17) is 4.74 Å². The number of carbonyl (C=O) groups excluding carboxylic acids is 2. The van der Waals surface area contributed by atoms with Crippen molar-refractivity contribution < 1.29 is 14.3 Å². The fourth-order valence-electron chi connectivity index (χ4n) is 3.55. The molecule has 0 aromatic heterocycles. The van der Waals surface area contributed by atoms with E-state index in [1.54, 1.807) is 11.0 Å². The van der Waals surface area contributed by atoms with E-state index in [1.807, 2.05) is 37.3 Å². The van der Waals surface area contributed by atoms with Gasteiger partial charge in [0, 0.05) is 11.0 Å². The molecule has 0 saturated heterocycles. The lowest BCUT2D eigenvalue weighted by Crippen LogP contribution is -2.31. The van der Waals surface area contributed by atoms with Gasteiger partial charge in [-0.25, -0.2) is 0 Å². The smallest absolute Gasteiger partial charge is 0.299 e. The largest absolute Gasteiger partial charge is 0.494 e. The predicted octanol–water partition coefficient (Wildman–Crippen LogP) is 5.30. The first-order valence-electron chi connectivity index (χ1n) is 9.32. The lowest BCUT2D eigenvalue weighted by atomic mass is 10.1. The van der Waals surface area contributed by atoms with Crippen LogP contribution in [-0.2, 0) is 4.79 Å². The molecule has 0 N–H and O–H groups in total. The molecule has 4 nitrogen and oxygen atoms in total. The molecule has 4 rings (SSSR count). The zero-order chi connectivity index (χ0) is 19.7.